The fraction of sp³-hybridized carbons (Fsp3) is 0.579. The Labute approximate surface area is 152 Å². The summed E-state index contributed by atoms with van der Waals surface area (Å²) in [6, 6.07) is 4.83. The van der Waals surface area contributed by atoms with Gasteiger partial charge in [-0.15, -0.1) is 0 Å². The smallest absolute Gasteiger partial charge is 0.410 e. The van der Waals surface area contributed by atoms with E-state index in [0.717, 1.165) is 0 Å². The number of amides is 1. The molecule has 1 aromatic heterocycles. The van der Waals surface area contributed by atoms with Crippen LogP contribution in [0.3, 0.4) is 0 Å². The van der Waals surface area contributed by atoms with Gasteiger partial charge in [0.2, 0.25) is 0 Å². The Morgan fingerprint density at radius 1 is 1.27 bits per heavy atom. The van der Waals surface area contributed by atoms with Crippen LogP contribution < -0.4 is 0 Å². The van der Waals surface area contributed by atoms with Crippen molar-refractivity contribution >= 4 is 11.9 Å². The van der Waals surface area contributed by atoms with Gasteiger partial charge in [-0.25, -0.2) is 4.79 Å². The summed E-state index contributed by atoms with van der Waals surface area (Å²) in [5.74, 6) is -0.261. The molecule has 1 amide bonds. The monoisotopic (exact) mass is 357 g/mol. The van der Waals surface area contributed by atoms with Crippen molar-refractivity contribution in [3.05, 3.63) is 29.6 Å². The van der Waals surface area contributed by atoms with Gasteiger partial charge in [-0.3, -0.25) is 14.7 Å². The van der Waals surface area contributed by atoms with Gasteiger partial charge in [-0.2, -0.15) is 5.26 Å². The molecule has 3 rings (SSSR count). The van der Waals surface area contributed by atoms with Gasteiger partial charge in [0.1, 0.15) is 17.4 Å². The van der Waals surface area contributed by atoms with Crippen LogP contribution in [-0.2, 0) is 9.47 Å². The van der Waals surface area contributed by atoms with Gasteiger partial charge < -0.3 is 9.47 Å². The molecule has 0 spiro atoms. The Kier molecular flexibility index (Phi) is 4.97. The van der Waals surface area contributed by atoms with Crippen molar-refractivity contribution in [2.24, 2.45) is 5.92 Å². The number of piperidine rings is 1. The molecular formula is C19H23N3O4. The van der Waals surface area contributed by atoms with Gasteiger partial charge in [-0.1, -0.05) is 0 Å². The first-order valence-electron chi connectivity index (χ1n) is 8.78. The zero-order valence-corrected chi connectivity index (χ0v) is 15.3. The molecule has 2 atom stereocenters. The first kappa shape index (κ1) is 18.3. The molecule has 2 bridgehead atoms. The van der Waals surface area contributed by atoms with Gasteiger partial charge in [0.25, 0.3) is 0 Å². The number of carbonyl (C=O) groups is 2. The van der Waals surface area contributed by atoms with Gasteiger partial charge in [-0.05, 0) is 45.7 Å². The SMILES string of the molecule is CC(C)(C)OC(=O)N1C2COCC1CC(C(=O)c1ccc(C#N)cn1)C2. The number of hydrogen-bond donors (Lipinski definition) is 0. The molecule has 2 aliphatic rings. The maximum Gasteiger partial charge on any atom is 0.410 e. The number of morpholine rings is 1. The molecule has 0 radical (unpaired) electrons. The first-order chi connectivity index (χ1) is 12.3. The van der Waals surface area contributed by atoms with Gasteiger partial charge in [0.05, 0.1) is 30.9 Å². The van der Waals surface area contributed by atoms with Crippen molar-refractivity contribution < 1.29 is 19.1 Å². The van der Waals surface area contributed by atoms with Crippen LogP contribution in [0.25, 0.3) is 0 Å². The number of ether oxygens (including phenoxy) is 2. The number of pyridine rings is 1. The van der Waals surface area contributed by atoms with Gasteiger partial charge in [0, 0.05) is 12.1 Å². The Morgan fingerprint density at radius 3 is 2.42 bits per heavy atom. The average molecular weight is 357 g/mol. The Balaban J connectivity index is 1.73. The predicted molar refractivity (Wildman–Crippen MR) is 92.5 cm³/mol. The van der Waals surface area contributed by atoms with E-state index in [1.165, 1.54) is 6.20 Å². The third kappa shape index (κ3) is 3.86. The van der Waals surface area contributed by atoms with Crippen LogP contribution >= 0.6 is 0 Å². The van der Waals surface area contributed by atoms with Crippen molar-refractivity contribution in [1.82, 2.24) is 9.88 Å². The molecule has 1 aromatic rings. The fourth-order valence-electron chi connectivity index (χ4n) is 3.56. The summed E-state index contributed by atoms with van der Waals surface area (Å²) in [6.45, 7) is 6.32. The quantitative estimate of drug-likeness (QED) is 0.755. The molecule has 138 valence electrons. The van der Waals surface area contributed by atoms with E-state index in [9.17, 15) is 9.59 Å². The molecule has 3 heterocycles. The minimum atomic E-state index is -0.564. The number of Topliss-reactive ketones (excluding diaryl/α,β-unsaturated/α-hetero) is 1. The maximum atomic E-state index is 12.8. The number of nitriles is 1. The number of aromatic nitrogens is 1. The summed E-state index contributed by atoms with van der Waals surface area (Å²) < 4.78 is 11.1. The Bertz CT molecular complexity index is 719. The van der Waals surface area contributed by atoms with E-state index < -0.39 is 5.60 Å². The molecule has 2 fully saturated rings. The largest absolute Gasteiger partial charge is 0.444 e. The van der Waals surface area contributed by atoms with Crippen LogP contribution in [-0.4, -0.2) is 52.7 Å². The summed E-state index contributed by atoms with van der Waals surface area (Å²) in [5, 5.41) is 8.85. The summed E-state index contributed by atoms with van der Waals surface area (Å²) in [7, 11) is 0. The highest BCUT2D eigenvalue weighted by molar-refractivity contribution is 5.96. The van der Waals surface area contributed by atoms with E-state index in [1.807, 2.05) is 26.8 Å². The normalized spacial score (nSPS) is 25.3. The zero-order valence-electron chi connectivity index (χ0n) is 15.3. The lowest BCUT2D eigenvalue weighted by Crippen LogP contribution is -2.60. The van der Waals surface area contributed by atoms with E-state index in [-0.39, 0.29) is 29.9 Å². The molecule has 0 saturated carbocycles. The predicted octanol–water partition coefficient (Wildman–Crippen LogP) is 2.55. The lowest BCUT2D eigenvalue weighted by atomic mass is 9.81. The van der Waals surface area contributed by atoms with Crippen molar-refractivity contribution in [3.63, 3.8) is 0 Å². The molecule has 2 saturated heterocycles. The molecule has 26 heavy (non-hydrogen) atoms. The third-order valence-corrected chi connectivity index (χ3v) is 4.64. The van der Waals surface area contributed by atoms with E-state index in [1.54, 1.807) is 17.0 Å². The highest BCUT2D eigenvalue weighted by atomic mass is 16.6. The van der Waals surface area contributed by atoms with Crippen LogP contribution in [0.4, 0.5) is 4.79 Å². The first-order valence-corrected chi connectivity index (χ1v) is 8.78. The summed E-state index contributed by atoms with van der Waals surface area (Å²) in [5.41, 5.74) is 0.218. The number of ketones is 1. The number of fused-ring (bicyclic) bond motifs is 2. The van der Waals surface area contributed by atoms with Gasteiger partial charge >= 0.3 is 6.09 Å². The van der Waals surface area contributed by atoms with Crippen LogP contribution in [0.5, 0.6) is 0 Å². The lowest BCUT2D eigenvalue weighted by Gasteiger charge is -2.47. The molecule has 2 aliphatic heterocycles. The molecule has 7 heteroatoms. The second-order valence-electron chi connectivity index (χ2n) is 7.81. The maximum absolute atomic E-state index is 12.8. The van der Waals surface area contributed by atoms with Crippen molar-refractivity contribution in [1.29, 1.82) is 5.26 Å². The van der Waals surface area contributed by atoms with Crippen LogP contribution in [0.2, 0.25) is 0 Å². The highest BCUT2D eigenvalue weighted by Gasteiger charge is 2.45. The number of nitrogens with zero attached hydrogens (tertiary/aromatic N) is 3. The number of hydrogen-bond acceptors (Lipinski definition) is 6. The van der Waals surface area contributed by atoms with Crippen molar-refractivity contribution in [2.45, 2.75) is 51.3 Å². The minimum Gasteiger partial charge on any atom is -0.444 e. The topological polar surface area (TPSA) is 92.5 Å². The second kappa shape index (κ2) is 7.04. The molecule has 7 nitrogen and oxygen atoms in total. The molecule has 0 aromatic carbocycles. The number of rotatable bonds is 2. The van der Waals surface area contributed by atoms with Crippen molar-refractivity contribution in [3.8, 4) is 6.07 Å². The van der Waals surface area contributed by atoms with E-state index in [4.69, 9.17) is 14.7 Å². The molecule has 0 aliphatic carbocycles. The van der Waals surface area contributed by atoms with Crippen molar-refractivity contribution in [2.75, 3.05) is 13.2 Å². The molecule has 0 N–H and O–H groups in total. The second-order valence-corrected chi connectivity index (χ2v) is 7.81. The average Bonchev–Trinajstić information content (AvgIpc) is 2.58. The summed E-state index contributed by atoms with van der Waals surface area (Å²) in [6.07, 6.45) is 2.11. The van der Waals surface area contributed by atoms with Gasteiger partial charge in [0.15, 0.2) is 5.78 Å². The highest BCUT2D eigenvalue weighted by Crippen LogP contribution is 2.34. The summed E-state index contributed by atoms with van der Waals surface area (Å²) in [4.78, 5) is 31.2. The van der Waals surface area contributed by atoms with Crippen LogP contribution in [0.1, 0.15) is 49.7 Å². The summed E-state index contributed by atoms with van der Waals surface area (Å²) >= 11 is 0. The number of carbonyl (C=O) groups excluding carboxylic acids is 2. The van der Waals surface area contributed by atoms with E-state index in [0.29, 0.717) is 37.3 Å². The molecule has 2 unspecified atom stereocenters. The zero-order chi connectivity index (χ0) is 18.9. The van der Waals surface area contributed by atoms with Crippen LogP contribution in [0, 0.1) is 17.2 Å². The third-order valence-electron chi connectivity index (χ3n) is 4.64. The van der Waals surface area contributed by atoms with E-state index >= 15 is 0 Å². The standard InChI is InChI=1S/C19H23N3O4/c1-19(2,3)26-18(24)22-14-6-13(7-15(22)11-25-10-14)17(23)16-5-4-12(8-20)9-21-16/h4-5,9,13-15H,6-7,10-11H2,1-3H3. The van der Waals surface area contributed by atoms with Crippen LogP contribution in [0.15, 0.2) is 18.3 Å². The molecular weight excluding hydrogens is 334 g/mol. The Morgan fingerprint density at radius 2 is 1.92 bits per heavy atom. The minimum absolute atomic E-state index is 0.0461. The fourth-order valence-corrected chi connectivity index (χ4v) is 3.56. The Hall–Kier alpha value is -2.46. The van der Waals surface area contributed by atoms with E-state index in [2.05, 4.69) is 4.98 Å². The lowest BCUT2D eigenvalue weighted by molar-refractivity contribution is -0.0861.